The molecule has 0 saturated heterocycles. The van der Waals surface area contributed by atoms with Crippen LogP contribution in [0.15, 0.2) is 60.8 Å². The van der Waals surface area contributed by atoms with E-state index in [0.717, 1.165) is 11.1 Å². The van der Waals surface area contributed by atoms with Crippen LogP contribution in [-0.4, -0.2) is 9.78 Å². The van der Waals surface area contributed by atoms with Crippen molar-refractivity contribution in [2.24, 2.45) is 0 Å². The van der Waals surface area contributed by atoms with Crippen molar-refractivity contribution in [2.75, 3.05) is 5.73 Å². The normalized spacial score (nSPS) is 10.2. The van der Waals surface area contributed by atoms with Gasteiger partial charge in [-0.25, -0.2) is 0 Å². The first-order chi connectivity index (χ1) is 10.3. The summed E-state index contributed by atoms with van der Waals surface area (Å²) in [4.78, 5) is 0. The van der Waals surface area contributed by atoms with E-state index < -0.39 is 0 Å². The van der Waals surface area contributed by atoms with Crippen molar-refractivity contribution in [1.82, 2.24) is 9.78 Å². The number of rotatable bonds is 3. The first kappa shape index (κ1) is 12.9. The molecule has 0 unspecified atom stereocenters. The van der Waals surface area contributed by atoms with E-state index in [4.69, 9.17) is 11.0 Å². The van der Waals surface area contributed by atoms with Crippen LogP contribution in [0.2, 0.25) is 0 Å². The first-order valence-corrected chi connectivity index (χ1v) is 6.63. The zero-order chi connectivity index (χ0) is 14.7. The lowest BCUT2D eigenvalue weighted by molar-refractivity contribution is 0.689. The van der Waals surface area contributed by atoms with E-state index in [9.17, 15) is 0 Å². The summed E-state index contributed by atoms with van der Waals surface area (Å²) in [6.45, 7) is 0.670. The number of benzene rings is 2. The Labute approximate surface area is 123 Å². The molecule has 3 aromatic rings. The van der Waals surface area contributed by atoms with E-state index >= 15 is 0 Å². The van der Waals surface area contributed by atoms with Gasteiger partial charge >= 0.3 is 0 Å². The van der Waals surface area contributed by atoms with Crippen LogP contribution in [0.5, 0.6) is 0 Å². The maximum atomic E-state index is 8.97. The summed E-state index contributed by atoms with van der Waals surface area (Å²) in [6, 6.07) is 19.5. The molecule has 102 valence electrons. The van der Waals surface area contributed by atoms with Gasteiger partial charge in [0.15, 0.2) is 0 Å². The number of nitriles is 1. The largest absolute Gasteiger partial charge is 0.396 e. The van der Waals surface area contributed by atoms with E-state index in [0.29, 0.717) is 23.5 Å². The maximum Gasteiger partial charge on any atom is 0.115 e. The zero-order valence-corrected chi connectivity index (χ0v) is 11.4. The molecule has 0 radical (unpaired) electrons. The Morgan fingerprint density at radius 2 is 1.90 bits per heavy atom. The van der Waals surface area contributed by atoms with Gasteiger partial charge in [0, 0.05) is 11.8 Å². The lowest BCUT2D eigenvalue weighted by Crippen LogP contribution is -2.00. The van der Waals surface area contributed by atoms with E-state index in [2.05, 4.69) is 11.2 Å². The van der Waals surface area contributed by atoms with Crippen LogP contribution in [-0.2, 0) is 6.54 Å². The van der Waals surface area contributed by atoms with Gasteiger partial charge < -0.3 is 5.73 Å². The highest BCUT2D eigenvalue weighted by Gasteiger charge is 2.09. The fourth-order valence-corrected chi connectivity index (χ4v) is 2.25. The van der Waals surface area contributed by atoms with Crippen molar-refractivity contribution in [3.8, 4) is 17.3 Å². The first-order valence-electron chi connectivity index (χ1n) is 6.63. The van der Waals surface area contributed by atoms with Crippen molar-refractivity contribution in [1.29, 1.82) is 5.26 Å². The minimum absolute atomic E-state index is 0.601. The molecule has 0 spiro atoms. The lowest BCUT2D eigenvalue weighted by Gasteiger charge is -2.01. The minimum Gasteiger partial charge on any atom is -0.396 e. The summed E-state index contributed by atoms with van der Waals surface area (Å²) < 4.78 is 1.82. The number of aromatic nitrogens is 2. The summed E-state index contributed by atoms with van der Waals surface area (Å²) in [5.74, 6) is 0. The van der Waals surface area contributed by atoms with Gasteiger partial charge in [-0.1, -0.05) is 42.5 Å². The van der Waals surface area contributed by atoms with Gasteiger partial charge in [0.05, 0.1) is 23.9 Å². The number of anilines is 1. The van der Waals surface area contributed by atoms with Crippen LogP contribution < -0.4 is 5.73 Å². The molecular formula is C17H14N4. The maximum absolute atomic E-state index is 8.97. The SMILES string of the molecule is N#Cc1cccc(-c2nn(Cc3ccccc3)cc2N)c1. The molecule has 21 heavy (non-hydrogen) atoms. The zero-order valence-electron chi connectivity index (χ0n) is 11.4. The van der Waals surface area contributed by atoms with Crippen LogP contribution in [0.25, 0.3) is 11.3 Å². The molecule has 4 heteroatoms. The second-order valence-corrected chi connectivity index (χ2v) is 4.81. The molecule has 2 N–H and O–H groups in total. The molecule has 2 aromatic carbocycles. The number of nitrogen functional groups attached to an aromatic ring is 1. The van der Waals surface area contributed by atoms with Crippen LogP contribution in [0.4, 0.5) is 5.69 Å². The van der Waals surface area contributed by atoms with Gasteiger partial charge in [0.25, 0.3) is 0 Å². The van der Waals surface area contributed by atoms with Crippen LogP contribution in [0.3, 0.4) is 0 Å². The monoisotopic (exact) mass is 274 g/mol. The van der Waals surface area contributed by atoms with Crippen molar-refractivity contribution < 1.29 is 0 Å². The Morgan fingerprint density at radius 1 is 1.10 bits per heavy atom. The molecule has 0 atom stereocenters. The molecule has 0 saturated carbocycles. The van der Waals surface area contributed by atoms with Crippen LogP contribution in [0, 0.1) is 11.3 Å². The summed E-state index contributed by atoms with van der Waals surface area (Å²) in [6.07, 6.45) is 1.82. The molecule has 0 bridgehead atoms. The fourth-order valence-electron chi connectivity index (χ4n) is 2.25. The second-order valence-electron chi connectivity index (χ2n) is 4.81. The second kappa shape index (κ2) is 5.51. The lowest BCUT2D eigenvalue weighted by atomic mass is 10.1. The minimum atomic E-state index is 0.601. The molecule has 3 rings (SSSR count). The Balaban J connectivity index is 1.93. The smallest absolute Gasteiger partial charge is 0.115 e. The molecule has 4 nitrogen and oxygen atoms in total. The molecule has 0 aliphatic rings. The summed E-state index contributed by atoms with van der Waals surface area (Å²) in [5.41, 5.74) is 10.0. The molecule has 0 aliphatic heterocycles. The number of hydrogen-bond donors (Lipinski definition) is 1. The third kappa shape index (κ3) is 2.77. The van der Waals surface area contributed by atoms with E-state index in [-0.39, 0.29) is 0 Å². The average Bonchev–Trinajstić information content (AvgIpc) is 2.89. The Morgan fingerprint density at radius 3 is 2.67 bits per heavy atom. The van der Waals surface area contributed by atoms with E-state index in [1.54, 1.807) is 12.1 Å². The highest BCUT2D eigenvalue weighted by molar-refractivity contribution is 5.72. The quantitative estimate of drug-likeness (QED) is 0.798. The Hall–Kier alpha value is -3.06. The van der Waals surface area contributed by atoms with Crippen LogP contribution >= 0.6 is 0 Å². The number of hydrogen-bond acceptors (Lipinski definition) is 3. The molecule has 1 aromatic heterocycles. The predicted octanol–water partition coefficient (Wildman–Crippen LogP) is 3.05. The van der Waals surface area contributed by atoms with Crippen molar-refractivity contribution in [2.45, 2.75) is 6.54 Å². The van der Waals surface area contributed by atoms with E-state index in [1.165, 1.54) is 0 Å². The highest BCUT2D eigenvalue weighted by atomic mass is 15.3. The van der Waals surface area contributed by atoms with Gasteiger partial charge in [0.2, 0.25) is 0 Å². The van der Waals surface area contributed by atoms with Crippen LogP contribution in [0.1, 0.15) is 11.1 Å². The average molecular weight is 274 g/mol. The molecule has 0 fully saturated rings. The van der Waals surface area contributed by atoms with Crippen molar-refractivity contribution in [3.63, 3.8) is 0 Å². The fraction of sp³-hybridized carbons (Fsp3) is 0.0588. The van der Waals surface area contributed by atoms with Gasteiger partial charge in [0.1, 0.15) is 5.69 Å². The summed E-state index contributed by atoms with van der Waals surface area (Å²) in [5, 5.41) is 13.5. The van der Waals surface area contributed by atoms with Crippen molar-refractivity contribution in [3.05, 3.63) is 71.9 Å². The molecular weight excluding hydrogens is 260 g/mol. The number of nitrogens with zero attached hydrogens (tertiary/aromatic N) is 3. The van der Waals surface area contributed by atoms with Gasteiger partial charge in [-0.05, 0) is 17.7 Å². The van der Waals surface area contributed by atoms with Gasteiger partial charge in [-0.3, -0.25) is 4.68 Å². The summed E-state index contributed by atoms with van der Waals surface area (Å²) in [7, 11) is 0. The topological polar surface area (TPSA) is 67.6 Å². The molecule has 1 heterocycles. The highest BCUT2D eigenvalue weighted by Crippen LogP contribution is 2.25. The van der Waals surface area contributed by atoms with Gasteiger partial charge in [-0.2, -0.15) is 10.4 Å². The van der Waals surface area contributed by atoms with E-state index in [1.807, 2.05) is 53.3 Å². The Kier molecular flexibility index (Phi) is 3.40. The number of nitrogens with two attached hydrogens (primary N) is 1. The Bertz CT molecular complexity index is 797. The third-order valence-electron chi connectivity index (χ3n) is 3.24. The van der Waals surface area contributed by atoms with Gasteiger partial charge in [-0.15, -0.1) is 0 Å². The molecule has 0 amide bonds. The predicted molar refractivity (Wildman–Crippen MR) is 82.3 cm³/mol. The summed E-state index contributed by atoms with van der Waals surface area (Å²) >= 11 is 0. The van der Waals surface area contributed by atoms with Crippen molar-refractivity contribution >= 4 is 5.69 Å². The standard InChI is InChI=1S/C17H14N4/c18-10-14-7-4-8-15(9-14)17-16(19)12-21(20-17)11-13-5-2-1-3-6-13/h1-9,12H,11,19H2. The molecule has 0 aliphatic carbocycles. The third-order valence-corrected chi connectivity index (χ3v) is 3.24.